The summed E-state index contributed by atoms with van der Waals surface area (Å²) < 4.78 is 5.00. The Bertz CT molecular complexity index is 3110. The molecule has 0 saturated carbocycles. The molecule has 2 nitrogen and oxygen atoms in total. The molecule has 3 heteroatoms. The second-order valence-electron chi connectivity index (χ2n) is 14.8. The number of hydrogen-bond donors (Lipinski definition) is 0. The third-order valence-electron chi connectivity index (χ3n) is 11.9. The van der Waals surface area contributed by atoms with Gasteiger partial charge in [-0.3, -0.25) is 0 Å². The maximum atomic E-state index is 2.55. The van der Waals surface area contributed by atoms with E-state index >= 15 is 0 Å². The van der Waals surface area contributed by atoms with E-state index in [1.807, 2.05) is 0 Å². The Morgan fingerprint density at radius 2 is 0.789 bits per heavy atom. The van der Waals surface area contributed by atoms with Crippen LogP contribution in [0.25, 0.3) is 66.1 Å². The van der Waals surface area contributed by atoms with Crippen molar-refractivity contribution in [1.29, 1.82) is 0 Å². The van der Waals surface area contributed by atoms with Gasteiger partial charge in [-0.15, -0.1) is 0 Å². The van der Waals surface area contributed by atoms with E-state index in [4.69, 9.17) is 0 Å². The van der Waals surface area contributed by atoms with Crippen molar-refractivity contribution in [2.45, 2.75) is 0 Å². The zero-order valence-electron chi connectivity index (χ0n) is 31.3. The van der Waals surface area contributed by atoms with Crippen LogP contribution in [0.3, 0.4) is 0 Å². The van der Waals surface area contributed by atoms with Gasteiger partial charge in [-0.1, -0.05) is 200 Å². The second kappa shape index (κ2) is 13.5. The molecule has 0 fully saturated rings. The average molecular weight is 743 g/mol. The Labute approximate surface area is 333 Å². The summed E-state index contributed by atoms with van der Waals surface area (Å²) >= 11 is 0. The van der Waals surface area contributed by atoms with Crippen LogP contribution >= 0.6 is 0 Å². The van der Waals surface area contributed by atoms with Gasteiger partial charge in [-0.05, 0) is 56.6 Å². The zero-order valence-corrected chi connectivity index (χ0v) is 32.3. The summed E-state index contributed by atoms with van der Waals surface area (Å²) in [4.78, 5) is 0. The molecule has 268 valence electrons. The number of nitrogens with zero attached hydrogens (tertiary/aromatic N) is 2. The van der Waals surface area contributed by atoms with Gasteiger partial charge in [0.15, 0.2) is 8.07 Å². The van der Waals surface area contributed by atoms with E-state index in [0.29, 0.717) is 0 Å². The summed E-state index contributed by atoms with van der Waals surface area (Å²) in [6.45, 7) is 0. The molecule has 57 heavy (non-hydrogen) atoms. The number of fused-ring (bicyclic) bond motifs is 6. The van der Waals surface area contributed by atoms with Crippen molar-refractivity contribution >= 4 is 72.4 Å². The van der Waals surface area contributed by atoms with Crippen LogP contribution in [0.5, 0.6) is 0 Å². The van der Waals surface area contributed by atoms with E-state index < -0.39 is 8.07 Å². The maximum Gasteiger partial charge on any atom is 0.179 e. The minimum atomic E-state index is -2.78. The molecule has 0 N–H and O–H groups in total. The molecule has 0 spiro atoms. The van der Waals surface area contributed by atoms with Crippen LogP contribution in [0.15, 0.2) is 231 Å². The highest BCUT2D eigenvalue weighted by molar-refractivity contribution is 7.20. The number of rotatable bonds is 7. The fourth-order valence-electron chi connectivity index (χ4n) is 9.49. The number of hydrogen-bond acceptors (Lipinski definition) is 0. The number of para-hydroxylation sites is 4. The molecule has 0 amide bonds. The third-order valence-corrected chi connectivity index (χ3v) is 16.6. The fourth-order valence-corrected chi connectivity index (χ4v) is 14.3. The zero-order chi connectivity index (χ0) is 37.8. The lowest BCUT2D eigenvalue weighted by atomic mass is 10.0. The van der Waals surface area contributed by atoms with Gasteiger partial charge in [-0.25, -0.2) is 0 Å². The van der Waals surface area contributed by atoms with E-state index in [1.54, 1.807) is 0 Å². The lowest BCUT2D eigenvalue weighted by Gasteiger charge is -2.34. The molecular formula is C54H38N2Si. The van der Waals surface area contributed by atoms with Gasteiger partial charge in [0, 0.05) is 32.8 Å². The predicted molar refractivity (Wildman–Crippen MR) is 244 cm³/mol. The fraction of sp³-hybridized carbons (Fsp3) is 0. The number of benzene rings is 9. The summed E-state index contributed by atoms with van der Waals surface area (Å²) in [5, 5.41) is 10.4. The van der Waals surface area contributed by atoms with Crippen LogP contribution in [-0.4, -0.2) is 17.2 Å². The van der Waals surface area contributed by atoms with Crippen LogP contribution in [0.2, 0.25) is 0 Å². The molecular weight excluding hydrogens is 705 g/mol. The first-order chi connectivity index (χ1) is 28.3. The summed E-state index contributed by atoms with van der Waals surface area (Å²) in [5.74, 6) is 0. The summed E-state index contributed by atoms with van der Waals surface area (Å²) in [5.41, 5.74) is 9.49. The number of aromatic nitrogens is 2. The molecule has 0 atom stereocenters. The maximum absolute atomic E-state index is 2.78. The smallest absolute Gasteiger partial charge is 0.179 e. The van der Waals surface area contributed by atoms with Gasteiger partial charge < -0.3 is 9.13 Å². The van der Waals surface area contributed by atoms with Gasteiger partial charge in [0.2, 0.25) is 0 Å². The van der Waals surface area contributed by atoms with Crippen molar-refractivity contribution in [3.05, 3.63) is 231 Å². The first kappa shape index (κ1) is 33.2. The second-order valence-corrected chi connectivity index (χ2v) is 18.7. The van der Waals surface area contributed by atoms with E-state index in [-0.39, 0.29) is 0 Å². The molecule has 0 radical (unpaired) electrons. The highest BCUT2D eigenvalue weighted by Crippen LogP contribution is 2.42. The molecule has 2 aromatic heterocycles. The van der Waals surface area contributed by atoms with Gasteiger partial charge in [0.05, 0.1) is 27.8 Å². The SMILES string of the molecule is c1ccc(-c2cccc3c4cc([Si](c5ccccc5)(c5ccccc5)c5ccccc5)ccc4n(-c4cccc5c6ccccc6n(-c6ccccc6)c45)c23)cc1. The third kappa shape index (κ3) is 5.10. The Morgan fingerprint density at radius 3 is 1.42 bits per heavy atom. The molecule has 0 bridgehead atoms. The molecule has 0 saturated heterocycles. The first-order valence-corrected chi connectivity index (χ1v) is 21.7. The Morgan fingerprint density at radius 1 is 0.298 bits per heavy atom. The van der Waals surface area contributed by atoms with Gasteiger partial charge in [0.25, 0.3) is 0 Å². The summed E-state index contributed by atoms with van der Waals surface area (Å²) in [6, 6.07) is 85.2. The molecule has 0 aliphatic rings. The van der Waals surface area contributed by atoms with Crippen LogP contribution in [-0.2, 0) is 0 Å². The minimum Gasteiger partial charge on any atom is -0.307 e. The summed E-state index contributed by atoms with van der Waals surface area (Å²) in [6.07, 6.45) is 0. The summed E-state index contributed by atoms with van der Waals surface area (Å²) in [7, 11) is -2.78. The van der Waals surface area contributed by atoms with E-state index in [0.717, 1.165) is 11.4 Å². The predicted octanol–water partition coefficient (Wildman–Crippen LogP) is 10.9. The molecule has 11 aromatic rings. The van der Waals surface area contributed by atoms with Crippen molar-refractivity contribution < 1.29 is 0 Å². The first-order valence-electron chi connectivity index (χ1n) is 19.7. The monoisotopic (exact) mass is 742 g/mol. The highest BCUT2D eigenvalue weighted by Gasteiger charge is 2.41. The van der Waals surface area contributed by atoms with Crippen LogP contribution in [0.4, 0.5) is 0 Å². The van der Waals surface area contributed by atoms with E-state index in [2.05, 4.69) is 240 Å². The van der Waals surface area contributed by atoms with Crippen LogP contribution < -0.4 is 20.7 Å². The highest BCUT2D eigenvalue weighted by atomic mass is 28.3. The molecule has 9 aromatic carbocycles. The molecule has 0 unspecified atom stereocenters. The van der Waals surface area contributed by atoms with Gasteiger partial charge >= 0.3 is 0 Å². The molecule has 11 rings (SSSR count). The largest absolute Gasteiger partial charge is 0.307 e. The average Bonchev–Trinajstić information content (AvgIpc) is 3.81. The molecule has 0 aliphatic carbocycles. The topological polar surface area (TPSA) is 9.86 Å². The normalized spacial score (nSPS) is 11.9. The van der Waals surface area contributed by atoms with E-state index in [1.165, 1.54) is 75.5 Å². The lowest BCUT2D eigenvalue weighted by Crippen LogP contribution is -2.74. The Kier molecular flexibility index (Phi) is 7.87. The lowest BCUT2D eigenvalue weighted by molar-refractivity contribution is 1.13. The Hall–Kier alpha value is -7.20. The van der Waals surface area contributed by atoms with Gasteiger partial charge in [0.1, 0.15) is 0 Å². The molecule has 0 aliphatic heterocycles. The van der Waals surface area contributed by atoms with Crippen molar-refractivity contribution in [3.63, 3.8) is 0 Å². The quantitative estimate of drug-likeness (QED) is 0.114. The van der Waals surface area contributed by atoms with E-state index in [9.17, 15) is 0 Å². The minimum absolute atomic E-state index is 1.15. The van der Waals surface area contributed by atoms with Crippen molar-refractivity contribution in [2.75, 3.05) is 0 Å². The van der Waals surface area contributed by atoms with Crippen molar-refractivity contribution in [2.24, 2.45) is 0 Å². The Balaban J connectivity index is 1.30. The van der Waals surface area contributed by atoms with Crippen molar-refractivity contribution in [1.82, 2.24) is 9.13 Å². The van der Waals surface area contributed by atoms with Gasteiger partial charge in [-0.2, -0.15) is 0 Å². The van der Waals surface area contributed by atoms with Crippen molar-refractivity contribution in [3.8, 4) is 22.5 Å². The standard InChI is InChI=1S/C54H38N2Si/c1-6-20-39(21-7-1)45-31-18-32-48-49-38-44(57(41-24-10-3-11-25-41,42-26-12-4-13-27-42)43-28-14-5-15-29-43)36-37-51(49)56(53(45)48)52-35-19-33-47-46-30-16-17-34-50(46)55(54(47)52)40-22-8-2-9-23-40/h1-38H. The van der Waals surface area contributed by atoms with Crippen LogP contribution in [0, 0.1) is 0 Å². The molecule has 2 heterocycles. The van der Waals surface area contributed by atoms with Crippen LogP contribution in [0.1, 0.15) is 0 Å².